The molecule has 0 atom stereocenters. The third kappa shape index (κ3) is 2.56. The van der Waals surface area contributed by atoms with E-state index >= 15 is 0 Å². The minimum atomic E-state index is -4.50. The summed E-state index contributed by atoms with van der Waals surface area (Å²) in [5.74, 6) is 0.238. The van der Waals surface area contributed by atoms with Gasteiger partial charge in [-0.25, -0.2) is 4.98 Å². The molecule has 3 rings (SSSR count). The largest absolute Gasteiger partial charge is 0.481 e. The van der Waals surface area contributed by atoms with Crippen LogP contribution in [0.1, 0.15) is 5.56 Å². The monoisotopic (exact) mass is 318 g/mol. The molecule has 0 saturated carbocycles. The van der Waals surface area contributed by atoms with Crippen molar-refractivity contribution in [2.45, 2.75) is 6.18 Å². The summed E-state index contributed by atoms with van der Waals surface area (Å²) >= 11 is 0. The lowest BCUT2D eigenvalue weighted by molar-refractivity contribution is -0.137. The van der Waals surface area contributed by atoms with Crippen molar-refractivity contribution in [3.05, 3.63) is 54.1 Å². The molecule has 1 aromatic heterocycles. The molecule has 2 N–H and O–H groups in total. The van der Waals surface area contributed by atoms with Gasteiger partial charge in [0.05, 0.1) is 24.1 Å². The lowest BCUT2D eigenvalue weighted by atomic mass is 9.99. The van der Waals surface area contributed by atoms with E-state index in [4.69, 9.17) is 10.5 Å². The van der Waals surface area contributed by atoms with Crippen LogP contribution in [0, 0.1) is 0 Å². The van der Waals surface area contributed by atoms with Crippen molar-refractivity contribution < 1.29 is 17.9 Å². The third-order valence-corrected chi connectivity index (χ3v) is 3.60. The lowest BCUT2D eigenvalue weighted by Crippen LogP contribution is -2.09. The Labute approximate surface area is 130 Å². The normalized spacial score (nSPS) is 11.7. The average Bonchev–Trinajstić information content (AvgIpc) is 2.55. The molecule has 0 amide bonds. The number of pyridine rings is 1. The fraction of sp³-hybridized carbons (Fsp3) is 0.118. The van der Waals surface area contributed by atoms with E-state index in [9.17, 15) is 13.2 Å². The van der Waals surface area contributed by atoms with Gasteiger partial charge in [0.15, 0.2) is 0 Å². The van der Waals surface area contributed by atoms with Gasteiger partial charge in [-0.3, -0.25) is 0 Å². The van der Waals surface area contributed by atoms with Crippen LogP contribution in [0.15, 0.2) is 48.5 Å². The van der Waals surface area contributed by atoms with E-state index in [-0.39, 0.29) is 22.8 Å². The van der Waals surface area contributed by atoms with E-state index < -0.39 is 11.7 Å². The van der Waals surface area contributed by atoms with Gasteiger partial charge in [-0.05, 0) is 12.1 Å². The number of nitrogens with zero attached hydrogens (tertiary/aromatic N) is 1. The predicted molar refractivity (Wildman–Crippen MR) is 83.1 cm³/mol. The molecule has 0 fully saturated rings. The standard InChI is InChI=1S/C17H13F3N2O/c1-23-16-11-7-3-2-6-10(11)14(21)15(22-16)12-8-4-5-9-13(12)17(18,19)20/h2-9H,21H2,1H3. The smallest absolute Gasteiger partial charge is 0.417 e. The maximum atomic E-state index is 13.3. The van der Waals surface area contributed by atoms with Gasteiger partial charge >= 0.3 is 6.18 Å². The van der Waals surface area contributed by atoms with Gasteiger partial charge in [-0.15, -0.1) is 0 Å². The topological polar surface area (TPSA) is 48.1 Å². The van der Waals surface area contributed by atoms with E-state index in [1.54, 1.807) is 24.3 Å². The van der Waals surface area contributed by atoms with E-state index in [1.165, 1.54) is 25.3 Å². The fourth-order valence-corrected chi connectivity index (χ4v) is 2.55. The molecule has 0 aliphatic rings. The molecule has 3 aromatic rings. The highest BCUT2D eigenvalue weighted by atomic mass is 19.4. The number of nitrogens with two attached hydrogens (primary N) is 1. The number of alkyl halides is 3. The third-order valence-electron chi connectivity index (χ3n) is 3.60. The van der Waals surface area contributed by atoms with Crippen molar-refractivity contribution in [2.75, 3.05) is 12.8 Å². The second-order valence-corrected chi connectivity index (χ2v) is 4.97. The number of fused-ring (bicyclic) bond motifs is 1. The van der Waals surface area contributed by atoms with Crippen molar-refractivity contribution in [1.29, 1.82) is 0 Å². The first kappa shape index (κ1) is 15.1. The summed E-state index contributed by atoms with van der Waals surface area (Å²) in [5.41, 5.74) is 5.51. The van der Waals surface area contributed by atoms with Crippen LogP contribution in [0.5, 0.6) is 5.88 Å². The highest BCUT2D eigenvalue weighted by Gasteiger charge is 2.34. The van der Waals surface area contributed by atoms with Gasteiger partial charge in [0, 0.05) is 16.3 Å². The first-order chi connectivity index (χ1) is 10.9. The first-order valence-corrected chi connectivity index (χ1v) is 6.82. The molecule has 2 aromatic carbocycles. The van der Waals surface area contributed by atoms with Crippen molar-refractivity contribution in [3.8, 4) is 17.1 Å². The van der Waals surface area contributed by atoms with Gasteiger partial charge in [0.25, 0.3) is 0 Å². The summed E-state index contributed by atoms with van der Waals surface area (Å²) in [6.45, 7) is 0. The molecule has 1 heterocycles. The number of nitrogen functional groups attached to an aromatic ring is 1. The van der Waals surface area contributed by atoms with E-state index in [1.807, 2.05) is 0 Å². The Morgan fingerprint density at radius 3 is 2.22 bits per heavy atom. The van der Waals surface area contributed by atoms with Gasteiger partial charge in [-0.1, -0.05) is 36.4 Å². The van der Waals surface area contributed by atoms with Crippen molar-refractivity contribution in [3.63, 3.8) is 0 Å². The quantitative estimate of drug-likeness (QED) is 0.756. The molecule has 118 valence electrons. The molecule has 0 radical (unpaired) electrons. The number of methoxy groups -OCH3 is 1. The van der Waals surface area contributed by atoms with E-state index in [2.05, 4.69) is 4.98 Å². The van der Waals surface area contributed by atoms with Crippen LogP contribution in [-0.4, -0.2) is 12.1 Å². The van der Waals surface area contributed by atoms with Gasteiger partial charge < -0.3 is 10.5 Å². The summed E-state index contributed by atoms with van der Waals surface area (Å²) in [5, 5.41) is 1.26. The number of rotatable bonds is 2. The molecule has 6 heteroatoms. The highest BCUT2D eigenvalue weighted by Crippen LogP contribution is 2.41. The number of ether oxygens (including phenoxy) is 1. The second kappa shape index (κ2) is 5.46. The van der Waals surface area contributed by atoms with Crippen LogP contribution in [0.4, 0.5) is 18.9 Å². The van der Waals surface area contributed by atoms with Crippen molar-refractivity contribution in [2.24, 2.45) is 0 Å². The number of halogens is 3. The molecule has 0 aliphatic heterocycles. The Morgan fingerprint density at radius 1 is 0.957 bits per heavy atom. The molecule has 0 saturated heterocycles. The van der Waals surface area contributed by atoms with E-state index in [0.29, 0.717) is 10.8 Å². The van der Waals surface area contributed by atoms with Crippen LogP contribution < -0.4 is 10.5 Å². The summed E-state index contributed by atoms with van der Waals surface area (Å²) in [6.07, 6.45) is -4.50. The van der Waals surface area contributed by atoms with Crippen LogP contribution in [0.3, 0.4) is 0 Å². The molecule has 0 bridgehead atoms. The first-order valence-electron chi connectivity index (χ1n) is 6.82. The summed E-state index contributed by atoms with van der Waals surface area (Å²) in [6, 6.07) is 12.3. The second-order valence-electron chi connectivity index (χ2n) is 4.97. The zero-order chi connectivity index (χ0) is 16.6. The SMILES string of the molecule is COc1nc(-c2ccccc2C(F)(F)F)c(N)c2ccccc12. The Hall–Kier alpha value is -2.76. The fourth-order valence-electron chi connectivity index (χ4n) is 2.55. The van der Waals surface area contributed by atoms with Crippen LogP contribution in [-0.2, 0) is 6.18 Å². The molecule has 0 unspecified atom stereocenters. The zero-order valence-electron chi connectivity index (χ0n) is 12.2. The maximum Gasteiger partial charge on any atom is 0.417 e. The Morgan fingerprint density at radius 2 is 1.57 bits per heavy atom. The summed E-state index contributed by atoms with van der Waals surface area (Å²) in [4.78, 5) is 4.22. The Balaban J connectivity index is 2.36. The average molecular weight is 318 g/mol. The van der Waals surface area contributed by atoms with E-state index in [0.717, 1.165) is 6.07 Å². The molecule has 0 spiro atoms. The van der Waals surface area contributed by atoms with Crippen LogP contribution in [0.25, 0.3) is 22.0 Å². The molecular weight excluding hydrogens is 305 g/mol. The number of anilines is 1. The van der Waals surface area contributed by atoms with Gasteiger partial charge in [0.1, 0.15) is 0 Å². The minimum absolute atomic E-state index is 0.0634. The molecule has 23 heavy (non-hydrogen) atoms. The highest BCUT2D eigenvalue weighted by molar-refractivity contribution is 6.01. The maximum absolute atomic E-state index is 13.3. The number of benzene rings is 2. The Bertz CT molecular complexity index is 875. The summed E-state index contributed by atoms with van der Waals surface area (Å²) in [7, 11) is 1.42. The number of hydrogen-bond donors (Lipinski definition) is 1. The number of hydrogen-bond acceptors (Lipinski definition) is 3. The Kier molecular flexibility index (Phi) is 3.60. The summed E-state index contributed by atoms with van der Waals surface area (Å²) < 4.78 is 45.0. The van der Waals surface area contributed by atoms with Gasteiger partial charge in [0.2, 0.25) is 5.88 Å². The molecule has 3 nitrogen and oxygen atoms in total. The van der Waals surface area contributed by atoms with Gasteiger partial charge in [-0.2, -0.15) is 13.2 Å². The number of aromatic nitrogens is 1. The zero-order valence-corrected chi connectivity index (χ0v) is 12.2. The minimum Gasteiger partial charge on any atom is -0.481 e. The van der Waals surface area contributed by atoms with Crippen LogP contribution in [0.2, 0.25) is 0 Å². The van der Waals surface area contributed by atoms with Crippen LogP contribution >= 0.6 is 0 Å². The molecular formula is C17H13F3N2O. The van der Waals surface area contributed by atoms with Crippen molar-refractivity contribution >= 4 is 16.5 Å². The molecule has 0 aliphatic carbocycles. The predicted octanol–water partition coefficient (Wildman–Crippen LogP) is 4.51. The lowest BCUT2D eigenvalue weighted by Gasteiger charge is -2.16. The van der Waals surface area contributed by atoms with Crippen molar-refractivity contribution in [1.82, 2.24) is 4.98 Å².